The Labute approximate surface area is 118 Å². The number of ether oxygens (including phenoxy) is 1. The molecular formula is C15H15NO3S. The number of benzene rings is 2. The Balaban J connectivity index is 2.08. The molecule has 104 valence electrons. The molecule has 0 saturated carbocycles. The largest absolute Gasteiger partial charge is 0.496 e. The van der Waals surface area contributed by atoms with Gasteiger partial charge in [-0.05, 0) is 30.7 Å². The highest BCUT2D eigenvalue weighted by Gasteiger charge is 2.32. The van der Waals surface area contributed by atoms with Crippen LogP contribution in [0.4, 0.5) is 5.69 Å². The first-order valence-electron chi connectivity index (χ1n) is 6.38. The number of fused-ring (bicyclic) bond motifs is 1. The van der Waals surface area contributed by atoms with Gasteiger partial charge in [-0.25, -0.2) is 8.42 Å². The zero-order chi connectivity index (χ0) is 14.2. The molecule has 2 aromatic rings. The number of anilines is 1. The van der Waals surface area contributed by atoms with E-state index in [1.54, 1.807) is 37.4 Å². The Hall–Kier alpha value is -2.01. The monoisotopic (exact) mass is 289 g/mol. The average Bonchev–Trinajstić information content (AvgIpc) is 2.92. The molecule has 0 amide bonds. The summed E-state index contributed by atoms with van der Waals surface area (Å²) in [6.07, 6.45) is 0.672. The quantitative estimate of drug-likeness (QED) is 0.872. The van der Waals surface area contributed by atoms with E-state index in [-0.39, 0.29) is 0 Å². The van der Waals surface area contributed by atoms with Crippen molar-refractivity contribution < 1.29 is 13.2 Å². The smallest absolute Gasteiger partial charge is 0.264 e. The van der Waals surface area contributed by atoms with Gasteiger partial charge in [-0.2, -0.15) is 0 Å². The lowest BCUT2D eigenvalue weighted by Gasteiger charge is -2.19. The van der Waals surface area contributed by atoms with E-state index in [1.807, 2.05) is 18.2 Å². The van der Waals surface area contributed by atoms with E-state index >= 15 is 0 Å². The van der Waals surface area contributed by atoms with Crippen molar-refractivity contribution in [3.05, 3.63) is 54.1 Å². The van der Waals surface area contributed by atoms with Crippen LogP contribution >= 0.6 is 0 Å². The Bertz CT molecular complexity index is 726. The van der Waals surface area contributed by atoms with Crippen molar-refractivity contribution in [1.82, 2.24) is 0 Å². The van der Waals surface area contributed by atoms with Crippen LogP contribution in [0.1, 0.15) is 5.56 Å². The van der Waals surface area contributed by atoms with Crippen LogP contribution < -0.4 is 9.04 Å². The Morgan fingerprint density at radius 3 is 2.50 bits per heavy atom. The van der Waals surface area contributed by atoms with Gasteiger partial charge in [0, 0.05) is 12.1 Å². The second-order valence-electron chi connectivity index (χ2n) is 4.60. The molecule has 20 heavy (non-hydrogen) atoms. The molecular weight excluding hydrogens is 274 g/mol. The summed E-state index contributed by atoms with van der Waals surface area (Å²) >= 11 is 0. The molecule has 0 atom stereocenters. The van der Waals surface area contributed by atoms with Gasteiger partial charge < -0.3 is 4.74 Å². The third-order valence-electron chi connectivity index (χ3n) is 3.49. The number of sulfonamides is 1. The standard InChI is InChI=1S/C15H15NO3S/c1-19-15-9-5-8-14-13(15)10-11-16(14)20(17,18)12-6-3-2-4-7-12/h2-9H,10-11H2,1H3. The molecule has 4 nitrogen and oxygen atoms in total. The van der Waals surface area contributed by atoms with Gasteiger partial charge in [-0.3, -0.25) is 4.31 Å². The average molecular weight is 289 g/mol. The molecule has 3 rings (SSSR count). The topological polar surface area (TPSA) is 46.6 Å². The third kappa shape index (κ3) is 1.94. The van der Waals surface area contributed by atoms with Gasteiger partial charge >= 0.3 is 0 Å². The fourth-order valence-electron chi connectivity index (χ4n) is 2.53. The molecule has 0 aliphatic carbocycles. The maximum absolute atomic E-state index is 12.7. The van der Waals surface area contributed by atoms with E-state index < -0.39 is 10.0 Å². The van der Waals surface area contributed by atoms with E-state index in [0.29, 0.717) is 23.5 Å². The van der Waals surface area contributed by atoms with Gasteiger partial charge in [0.1, 0.15) is 5.75 Å². The molecule has 5 heteroatoms. The summed E-state index contributed by atoms with van der Waals surface area (Å²) in [5, 5.41) is 0. The molecule has 0 fully saturated rings. The lowest BCUT2D eigenvalue weighted by molar-refractivity contribution is 0.411. The highest BCUT2D eigenvalue weighted by molar-refractivity contribution is 7.92. The second-order valence-corrected chi connectivity index (χ2v) is 6.46. The SMILES string of the molecule is COc1cccc2c1CCN2S(=O)(=O)c1ccccc1. The molecule has 1 aliphatic heterocycles. The summed E-state index contributed by atoms with van der Waals surface area (Å²) in [7, 11) is -1.90. The van der Waals surface area contributed by atoms with Crippen molar-refractivity contribution in [2.75, 3.05) is 18.0 Å². The van der Waals surface area contributed by atoms with Gasteiger partial charge in [0.05, 0.1) is 17.7 Å². The molecule has 2 aromatic carbocycles. The van der Waals surface area contributed by atoms with Gasteiger partial charge in [0.15, 0.2) is 0 Å². The zero-order valence-corrected chi connectivity index (χ0v) is 11.9. The molecule has 0 radical (unpaired) electrons. The van der Waals surface area contributed by atoms with Gasteiger partial charge in [0.2, 0.25) is 0 Å². The van der Waals surface area contributed by atoms with Crippen molar-refractivity contribution in [2.24, 2.45) is 0 Å². The van der Waals surface area contributed by atoms with Crippen molar-refractivity contribution >= 4 is 15.7 Å². The van der Waals surface area contributed by atoms with Gasteiger partial charge in [-0.15, -0.1) is 0 Å². The Kier molecular flexibility index (Phi) is 3.14. The predicted octanol–water partition coefficient (Wildman–Crippen LogP) is 2.45. The molecule has 1 aliphatic rings. The van der Waals surface area contributed by atoms with E-state index in [1.165, 1.54) is 4.31 Å². The summed E-state index contributed by atoms with van der Waals surface area (Å²) in [4.78, 5) is 0.315. The van der Waals surface area contributed by atoms with Crippen LogP contribution in [0.5, 0.6) is 5.75 Å². The minimum absolute atomic E-state index is 0.315. The molecule has 0 spiro atoms. The zero-order valence-electron chi connectivity index (χ0n) is 11.1. The first-order chi connectivity index (χ1) is 9.64. The Morgan fingerprint density at radius 1 is 1.05 bits per heavy atom. The number of hydrogen-bond donors (Lipinski definition) is 0. The highest BCUT2D eigenvalue weighted by Crippen LogP contribution is 2.37. The highest BCUT2D eigenvalue weighted by atomic mass is 32.2. The third-order valence-corrected chi connectivity index (χ3v) is 5.32. The number of rotatable bonds is 3. The van der Waals surface area contributed by atoms with Crippen LogP contribution in [-0.4, -0.2) is 22.1 Å². The fraction of sp³-hybridized carbons (Fsp3) is 0.200. The summed E-state index contributed by atoms with van der Waals surface area (Å²) in [6, 6.07) is 14.0. The summed E-state index contributed by atoms with van der Waals surface area (Å²) in [5.74, 6) is 0.744. The van der Waals surface area contributed by atoms with Crippen LogP contribution in [0.25, 0.3) is 0 Å². The van der Waals surface area contributed by atoms with E-state index in [0.717, 1.165) is 11.3 Å². The molecule has 0 unspecified atom stereocenters. The molecule has 0 aromatic heterocycles. The first-order valence-corrected chi connectivity index (χ1v) is 7.82. The minimum Gasteiger partial charge on any atom is -0.496 e. The summed E-state index contributed by atoms with van der Waals surface area (Å²) < 4.78 is 32.1. The lowest BCUT2D eigenvalue weighted by Crippen LogP contribution is -2.28. The molecule has 1 heterocycles. The van der Waals surface area contributed by atoms with Crippen molar-refractivity contribution in [1.29, 1.82) is 0 Å². The van der Waals surface area contributed by atoms with Gasteiger partial charge in [-0.1, -0.05) is 24.3 Å². The lowest BCUT2D eigenvalue weighted by atomic mass is 10.1. The van der Waals surface area contributed by atoms with Crippen LogP contribution in [0, 0.1) is 0 Å². The van der Waals surface area contributed by atoms with Crippen molar-refractivity contribution in [3.63, 3.8) is 0 Å². The van der Waals surface area contributed by atoms with Crippen molar-refractivity contribution in [2.45, 2.75) is 11.3 Å². The van der Waals surface area contributed by atoms with E-state index in [4.69, 9.17) is 4.74 Å². The van der Waals surface area contributed by atoms with Crippen LogP contribution in [0.3, 0.4) is 0 Å². The van der Waals surface area contributed by atoms with Crippen LogP contribution in [0.2, 0.25) is 0 Å². The van der Waals surface area contributed by atoms with Crippen LogP contribution in [-0.2, 0) is 16.4 Å². The fourth-order valence-corrected chi connectivity index (χ4v) is 4.05. The normalized spacial score (nSPS) is 14.2. The molecule has 0 N–H and O–H groups in total. The number of hydrogen-bond acceptors (Lipinski definition) is 3. The van der Waals surface area contributed by atoms with Crippen LogP contribution in [0.15, 0.2) is 53.4 Å². The second kappa shape index (κ2) is 4.83. The Morgan fingerprint density at radius 2 is 1.80 bits per heavy atom. The molecule has 0 saturated heterocycles. The van der Waals surface area contributed by atoms with E-state index in [9.17, 15) is 8.42 Å². The molecule has 0 bridgehead atoms. The summed E-state index contributed by atoms with van der Waals surface area (Å²) in [5.41, 5.74) is 1.67. The predicted molar refractivity (Wildman–Crippen MR) is 77.7 cm³/mol. The maximum atomic E-state index is 12.7. The first kappa shape index (κ1) is 13.0. The number of methoxy groups -OCH3 is 1. The number of nitrogens with zero attached hydrogens (tertiary/aromatic N) is 1. The van der Waals surface area contributed by atoms with E-state index in [2.05, 4.69) is 0 Å². The summed E-state index contributed by atoms with van der Waals surface area (Å²) in [6.45, 7) is 0.451. The maximum Gasteiger partial charge on any atom is 0.264 e. The van der Waals surface area contributed by atoms with Crippen molar-refractivity contribution in [3.8, 4) is 5.75 Å². The minimum atomic E-state index is -3.50. The van der Waals surface area contributed by atoms with Gasteiger partial charge in [0.25, 0.3) is 10.0 Å².